The van der Waals surface area contributed by atoms with Crippen molar-refractivity contribution in [3.05, 3.63) is 76.9 Å². The van der Waals surface area contributed by atoms with Crippen LogP contribution < -0.4 is 10.6 Å². The summed E-state index contributed by atoms with van der Waals surface area (Å²) in [4.78, 5) is 48.6. The van der Waals surface area contributed by atoms with Gasteiger partial charge >= 0.3 is 5.97 Å². The number of amides is 2. The first-order valence-electron chi connectivity index (χ1n) is 21.4. The van der Waals surface area contributed by atoms with Gasteiger partial charge in [-0.2, -0.15) is 5.06 Å². The fourth-order valence-electron chi connectivity index (χ4n) is 9.91. The highest BCUT2D eigenvalue weighted by Gasteiger charge is 2.76. The zero-order valence-corrected chi connectivity index (χ0v) is 33.4. The van der Waals surface area contributed by atoms with Gasteiger partial charge in [0.25, 0.3) is 5.91 Å². The zero-order chi connectivity index (χ0) is 39.6. The van der Waals surface area contributed by atoms with E-state index in [4.69, 9.17) is 28.9 Å². The van der Waals surface area contributed by atoms with Crippen molar-refractivity contribution in [2.75, 3.05) is 13.2 Å². The Balaban J connectivity index is 1.05. The van der Waals surface area contributed by atoms with Crippen LogP contribution in [0.3, 0.4) is 0 Å². The number of aliphatic hydroxyl groups excluding tert-OH is 1. The molecule has 2 aromatic carbocycles. The highest BCUT2D eigenvalue weighted by atomic mass is 16.8. The molecule has 2 saturated carbocycles. The van der Waals surface area contributed by atoms with Crippen molar-refractivity contribution in [3.63, 3.8) is 0 Å². The summed E-state index contributed by atoms with van der Waals surface area (Å²) in [6.45, 7) is 4.73. The summed E-state index contributed by atoms with van der Waals surface area (Å²) in [5, 5.41) is 16.6. The lowest BCUT2D eigenvalue weighted by Gasteiger charge is -2.48. The lowest BCUT2D eigenvalue weighted by Crippen LogP contribution is -2.69. The van der Waals surface area contributed by atoms with Gasteiger partial charge in [0.1, 0.15) is 29.8 Å². The molecular formula is C45H59N3O9. The number of esters is 1. The Bertz CT molecular complexity index is 1780. The number of nitrogens with one attached hydrogen (secondary N) is 2. The minimum absolute atomic E-state index is 0.133. The first-order chi connectivity index (χ1) is 27.8. The summed E-state index contributed by atoms with van der Waals surface area (Å²) in [5.74, 6) is -1.45. The summed E-state index contributed by atoms with van der Waals surface area (Å²) >= 11 is 0. The minimum Gasteiger partial charge on any atom is -0.458 e. The molecule has 2 aromatic rings. The van der Waals surface area contributed by atoms with Crippen LogP contribution in [0.5, 0.6) is 0 Å². The molecule has 12 nitrogen and oxygen atoms in total. The van der Waals surface area contributed by atoms with Gasteiger partial charge in [0, 0.05) is 37.9 Å². The number of hydroxylamine groups is 2. The van der Waals surface area contributed by atoms with Gasteiger partial charge in [-0.3, -0.25) is 19.2 Å². The quantitative estimate of drug-likeness (QED) is 0.0971. The highest BCUT2D eigenvalue weighted by Crippen LogP contribution is 2.58. The van der Waals surface area contributed by atoms with Gasteiger partial charge in [0.15, 0.2) is 11.8 Å². The van der Waals surface area contributed by atoms with Crippen LogP contribution in [0.15, 0.2) is 54.6 Å². The number of carbonyl (C=O) groups excluding carboxylic acids is 3. The van der Waals surface area contributed by atoms with Crippen molar-refractivity contribution < 1.29 is 43.3 Å². The Morgan fingerprint density at radius 2 is 1.68 bits per heavy atom. The Morgan fingerprint density at radius 1 is 0.912 bits per heavy atom. The Kier molecular flexibility index (Phi) is 12.2. The number of epoxide rings is 1. The van der Waals surface area contributed by atoms with Gasteiger partial charge in [-0.15, -0.1) is 0 Å². The normalized spacial score (nSPS) is 32.1. The van der Waals surface area contributed by atoms with Crippen LogP contribution in [0, 0.1) is 11.3 Å². The topological polar surface area (TPSA) is 148 Å². The molecule has 6 fully saturated rings. The smallest absolute Gasteiger partial charge is 0.327 e. The Morgan fingerprint density at radius 3 is 2.42 bits per heavy atom. The van der Waals surface area contributed by atoms with Crippen molar-refractivity contribution in [2.24, 2.45) is 11.3 Å². The minimum atomic E-state index is -1.31. The molecule has 0 radical (unpaired) electrons. The maximum atomic E-state index is 14.9. The average Bonchev–Trinajstić information content (AvgIpc) is 3.77. The summed E-state index contributed by atoms with van der Waals surface area (Å²) < 4.78 is 25.9. The largest absolute Gasteiger partial charge is 0.458 e. The van der Waals surface area contributed by atoms with E-state index in [1.54, 1.807) is 23.3 Å². The van der Waals surface area contributed by atoms with Gasteiger partial charge < -0.3 is 34.7 Å². The predicted octanol–water partition coefficient (Wildman–Crippen LogP) is 5.75. The lowest BCUT2D eigenvalue weighted by atomic mass is 9.62. The molecule has 57 heavy (non-hydrogen) atoms. The molecule has 4 saturated heterocycles. The van der Waals surface area contributed by atoms with Gasteiger partial charge in [-0.05, 0) is 66.8 Å². The van der Waals surface area contributed by atoms with Crippen LogP contribution in [-0.4, -0.2) is 89.6 Å². The van der Waals surface area contributed by atoms with Crippen LogP contribution in [0.2, 0.25) is 0 Å². The van der Waals surface area contributed by atoms with E-state index in [9.17, 15) is 14.4 Å². The van der Waals surface area contributed by atoms with E-state index in [0.717, 1.165) is 87.3 Å². The van der Waals surface area contributed by atoms with E-state index in [2.05, 4.69) is 48.8 Å². The number of benzene rings is 2. The molecule has 0 aromatic heterocycles. The zero-order valence-electron chi connectivity index (χ0n) is 33.4. The van der Waals surface area contributed by atoms with Crippen LogP contribution in [0.4, 0.5) is 0 Å². The van der Waals surface area contributed by atoms with Gasteiger partial charge in [-0.25, -0.2) is 0 Å². The Labute approximate surface area is 335 Å². The number of ether oxygens (including phenoxy) is 4. The third-order valence-corrected chi connectivity index (χ3v) is 13.0. The number of allylic oxidation sites excluding steroid dienone is 1. The number of hydrogen-bond acceptors (Lipinski definition) is 10. The molecule has 2 aliphatic carbocycles. The maximum absolute atomic E-state index is 14.9. The van der Waals surface area contributed by atoms with Gasteiger partial charge in [0.05, 0.1) is 25.4 Å². The summed E-state index contributed by atoms with van der Waals surface area (Å²) in [6, 6.07) is 14.2. The van der Waals surface area contributed by atoms with Gasteiger partial charge in [-0.1, -0.05) is 88.1 Å². The van der Waals surface area contributed by atoms with E-state index in [1.165, 1.54) is 0 Å². The number of rotatable bonds is 18. The van der Waals surface area contributed by atoms with Crippen molar-refractivity contribution in [2.45, 2.75) is 152 Å². The van der Waals surface area contributed by atoms with Crippen LogP contribution >= 0.6 is 0 Å². The molecule has 4 aliphatic heterocycles. The number of aliphatic hydroxyl groups is 1. The number of hydrogen-bond donors (Lipinski definition) is 3. The first-order valence-corrected chi connectivity index (χ1v) is 21.4. The van der Waals surface area contributed by atoms with Crippen LogP contribution in [-0.2, 0) is 46.5 Å². The molecule has 6 aliphatic rings. The average molecular weight is 786 g/mol. The van der Waals surface area contributed by atoms with Crippen LogP contribution in [0.25, 0.3) is 6.08 Å². The van der Waals surface area contributed by atoms with Crippen molar-refractivity contribution >= 4 is 23.9 Å². The number of nitrogens with zero attached hydrogens (tertiary/aromatic N) is 1. The maximum Gasteiger partial charge on any atom is 0.327 e. The fraction of sp³-hybridized carbons (Fsp3) is 0.622. The van der Waals surface area contributed by atoms with Crippen LogP contribution in [0.1, 0.15) is 118 Å². The fourth-order valence-corrected chi connectivity index (χ4v) is 9.91. The van der Waals surface area contributed by atoms with E-state index >= 15 is 0 Å². The van der Waals surface area contributed by atoms with E-state index in [1.807, 2.05) is 18.2 Å². The molecule has 3 N–H and O–H groups in total. The van der Waals surface area contributed by atoms with Gasteiger partial charge in [0.2, 0.25) is 5.91 Å². The third kappa shape index (κ3) is 8.31. The molecule has 2 bridgehead atoms. The molecule has 12 heteroatoms. The van der Waals surface area contributed by atoms with Crippen molar-refractivity contribution in [1.82, 2.24) is 15.7 Å². The van der Waals surface area contributed by atoms with E-state index < -0.39 is 47.6 Å². The second kappa shape index (κ2) is 17.3. The molecule has 3 unspecified atom stereocenters. The lowest BCUT2D eigenvalue weighted by molar-refractivity contribution is -0.224. The number of unbranched alkanes of at least 4 members (excludes halogenated alkanes) is 4. The molecule has 9 atom stereocenters. The monoisotopic (exact) mass is 785 g/mol. The van der Waals surface area contributed by atoms with Crippen molar-refractivity contribution in [3.8, 4) is 0 Å². The van der Waals surface area contributed by atoms with E-state index in [0.29, 0.717) is 23.7 Å². The molecular weight excluding hydrogens is 727 g/mol. The summed E-state index contributed by atoms with van der Waals surface area (Å²) in [7, 11) is 0. The standard InChI is InChI=1S/C45H59N3O9/c1-3-5-7-20-44(21-8-6-4-2)55-37-36-26-45(43(52)47-27-32-10-9-11-33(24-32)41(50)46-22-23-49)39(42(51)54-36)48(57-40(45)38(37)56-44)28-31-16-13-29(14-17-31)12-15-30-18-19-34-35(25-30)53-34/h9-17,24,30,34-40,49H,3-8,18-23,25-28H2,1-2H3,(H,46,50)(H,47,52)/t30?,34?,35?,36-,37+,38+,39-,40-,45-/m1/s1. The highest BCUT2D eigenvalue weighted by molar-refractivity contribution is 5.95. The molecule has 0 spiro atoms. The van der Waals surface area contributed by atoms with E-state index in [-0.39, 0.29) is 44.5 Å². The van der Waals surface area contributed by atoms with Crippen molar-refractivity contribution in [1.29, 1.82) is 0 Å². The molecule has 2 amide bonds. The molecule has 8 rings (SSSR count). The number of carbonyl (C=O) groups is 3. The second-order valence-corrected chi connectivity index (χ2v) is 17.0. The Hall–Kier alpha value is -3.65. The molecule has 4 heterocycles. The summed E-state index contributed by atoms with van der Waals surface area (Å²) in [6.07, 6.45) is 13.9. The predicted molar refractivity (Wildman–Crippen MR) is 211 cm³/mol. The second-order valence-electron chi connectivity index (χ2n) is 17.0. The first kappa shape index (κ1) is 40.1. The third-order valence-electron chi connectivity index (χ3n) is 13.0. The SMILES string of the molecule is CCCCCC1(CCCCC)O[C@@H]2[C@H](O1)[C@H]1ON(Cc3ccc(C=CC4CCC5OC5C4)cc3)[C@@H]3C(=O)O[C@@H]2C[C@]13C(=O)NCc1cccc(C(=O)NCCO)c1. The summed E-state index contributed by atoms with van der Waals surface area (Å²) in [5.41, 5.74) is 1.87. The number of fused-ring (bicyclic) bond motifs is 5. The molecule has 308 valence electrons.